The molecule has 2 fully saturated rings. The van der Waals surface area contributed by atoms with Crippen LogP contribution in [-0.4, -0.2) is 76.5 Å². The summed E-state index contributed by atoms with van der Waals surface area (Å²) in [6, 6.07) is -0.943. The molecule has 2 rings (SSSR count). The van der Waals surface area contributed by atoms with Gasteiger partial charge in [-0.25, -0.2) is 0 Å². The zero-order chi connectivity index (χ0) is 22.4. The lowest BCUT2D eigenvalue weighted by molar-refractivity contribution is -0.238. The molecule has 2 aliphatic rings. The Morgan fingerprint density at radius 1 is 1.20 bits per heavy atom. The number of carbonyl (C=O) groups excluding carboxylic acids is 4. The van der Waals surface area contributed by atoms with E-state index in [9.17, 15) is 29.4 Å². The molecular weight excluding hydrogens is 396 g/mol. The van der Waals surface area contributed by atoms with E-state index in [0.29, 0.717) is 25.8 Å². The van der Waals surface area contributed by atoms with Crippen LogP contribution in [0.15, 0.2) is 0 Å². The zero-order valence-corrected chi connectivity index (χ0v) is 17.7. The Morgan fingerprint density at radius 2 is 1.90 bits per heavy atom. The van der Waals surface area contributed by atoms with Gasteiger partial charge in [0, 0.05) is 38.1 Å². The van der Waals surface area contributed by atoms with Crippen molar-refractivity contribution in [2.45, 2.75) is 77.4 Å². The first-order valence-electron chi connectivity index (χ1n) is 10.4. The Balaban J connectivity index is 1.64. The maximum absolute atomic E-state index is 12.0. The zero-order valence-electron chi connectivity index (χ0n) is 17.7. The molecule has 6 atom stereocenters. The summed E-state index contributed by atoms with van der Waals surface area (Å²) >= 11 is 0. The largest absolute Gasteiger partial charge is 0.463 e. The molecule has 0 aromatic heterocycles. The van der Waals surface area contributed by atoms with Gasteiger partial charge in [-0.2, -0.15) is 0 Å². The first kappa shape index (κ1) is 24.2. The molecule has 3 N–H and O–H groups in total. The van der Waals surface area contributed by atoms with Gasteiger partial charge in [-0.1, -0.05) is 20.3 Å². The van der Waals surface area contributed by atoms with Crippen molar-refractivity contribution in [1.29, 1.82) is 0 Å². The monoisotopic (exact) mass is 428 g/mol. The molecule has 0 radical (unpaired) electrons. The van der Waals surface area contributed by atoms with Gasteiger partial charge in [0.25, 0.3) is 0 Å². The van der Waals surface area contributed by atoms with Gasteiger partial charge in [-0.15, -0.1) is 0 Å². The van der Waals surface area contributed by atoms with Crippen molar-refractivity contribution >= 4 is 23.7 Å². The van der Waals surface area contributed by atoms with Gasteiger partial charge in [0.1, 0.15) is 12.6 Å². The minimum absolute atomic E-state index is 0.115. The van der Waals surface area contributed by atoms with Gasteiger partial charge in [-0.3, -0.25) is 24.1 Å². The van der Waals surface area contributed by atoms with Crippen molar-refractivity contribution in [3.63, 3.8) is 0 Å². The molecule has 0 aromatic rings. The summed E-state index contributed by atoms with van der Waals surface area (Å²) in [5.41, 5.74) is 0. The predicted octanol–water partition coefficient (Wildman–Crippen LogP) is -0.296. The van der Waals surface area contributed by atoms with Crippen molar-refractivity contribution in [2.24, 2.45) is 11.8 Å². The molecule has 0 aromatic carbocycles. The molecule has 2 aliphatic heterocycles. The highest BCUT2D eigenvalue weighted by atomic mass is 16.6. The SMILES string of the molecule is CC(=O)N[C@H]1C(O)O[C@H](COC(=O)CCCCCN2C(=O)CC(C)C2=O)[C@@H](C)[C@@H]1O. The Bertz CT molecular complexity index is 655. The standard InChI is InChI=1S/C20H32N2O8/c1-11-9-15(24)22(19(11)27)8-6-4-5-7-16(25)29-10-14-12(2)18(26)17(20(28)30-14)21-13(3)23/h11-12,14,17-18,20,26,28H,4-10H2,1-3H3,(H,21,23)/t11?,12-,14-,17-,18+,20?/m1/s1. The van der Waals surface area contributed by atoms with E-state index in [1.807, 2.05) is 0 Å². The van der Waals surface area contributed by atoms with E-state index in [1.165, 1.54) is 11.8 Å². The lowest BCUT2D eigenvalue weighted by Crippen LogP contribution is -2.61. The molecule has 2 heterocycles. The third-order valence-corrected chi connectivity index (χ3v) is 5.63. The van der Waals surface area contributed by atoms with Crippen LogP contribution >= 0.6 is 0 Å². The molecule has 10 heteroatoms. The quantitative estimate of drug-likeness (QED) is 0.258. The molecular formula is C20H32N2O8. The highest BCUT2D eigenvalue weighted by molar-refractivity contribution is 6.03. The summed E-state index contributed by atoms with van der Waals surface area (Å²) in [5, 5.41) is 22.7. The number of carbonyl (C=O) groups is 4. The number of nitrogens with zero attached hydrogens (tertiary/aromatic N) is 1. The van der Waals surface area contributed by atoms with E-state index < -0.39 is 42.3 Å². The number of likely N-dealkylation sites (tertiary alicyclic amines) is 1. The third-order valence-electron chi connectivity index (χ3n) is 5.63. The summed E-state index contributed by atoms with van der Waals surface area (Å²) in [4.78, 5) is 48.0. The van der Waals surface area contributed by atoms with Gasteiger partial charge in [0.15, 0.2) is 6.29 Å². The number of rotatable bonds is 9. The van der Waals surface area contributed by atoms with Gasteiger partial charge >= 0.3 is 5.97 Å². The second kappa shape index (κ2) is 10.8. The number of ether oxygens (including phenoxy) is 2. The third kappa shape index (κ3) is 6.23. The van der Waals surface area contributed by atoms with E-state index >= 15 is 0 Å². The van der Waals surface area contributed by atoms with E-state index in [0.717, 1.165) is 0 Å². The van der Waals surface area contributed by atoms with Crippen molar-refractivity contribution in [3.05, 3.63) is 0 Å². The Labute approximate surface area is 175 Å². The molecule has 2 unspecified atom stereocenters. The number of esters is 1. The molecule has 3 amide bonds. The number of hydrogen-bond donors (Lipinski definition) is 3. The number of aliphatic hydroxyl groups is 2. The van der Waals surface area contributed by atoms with Crippen LogP contribution in [0.4, 0.5) is 0 Å². The fourth-order valence-electron chi connectivity index (χ4n) is 3.73. The number of amides is 3. The Hall–Kier alpha value is -2.04. The van der Waals surface area contributed by atoms with Crippen LogP contribution in [0.2, 0.25) is 0 Å². The normalized spacial score (nSPS) is 31.7. The summed E-state index contributed by atoms with van der Waals surface area (Å²) in [5.74, 6) is -1.81. The number of hydrogen-bond acceptors (Lipinski definition) is 8. The van der Waals surface area contributed by atoms with Crippen LogP contribution in [0, 0.1) is 11.8 Å². The van der Waals surface area contributed by atoms with Gasteiger partial charge in [0.05, 0.1) is 12.2 Å². The van der Waals surface area contributed by atoms with Crippen LogP contribution in [0.3, 0.4) is 0 Å². The van der Waals surface area contributed by atoms with E-state index in [2.05, 4.69) is 5.32 Å². The number of imide groups is 1. The number of aliphatic hydroxyl groups excluding tert-OH is 2. The number of nitrogens with one attached hydrogen (secondary N) is 1. The number of unbranched alkanes of at least 4 members (excludes halogenated alkanes) is 2. The van der Waals surface area contributed by atoms with Crippen molar-refractivity contribution in [3.8, 4) is 0 Å². The van der Waals surface area contributed by atoms with Crippen LogP contribution in [0.5, 0.6) is 0 Å². The molecule has 0 bridgehead atoms. The fraction of sp³-hybridized carbons (Fsp3) is 0.800. The van der Waals surface area contributed by atoms with E-state index in [-0.39, 0.29) is 37.2 Å². The van der Waals surface area contributed by atoms with Crippen molar-refractivity contribution < 1.29 is 38.9 Å². The molecule has 170 valence electrons. The lowest BCUT2D eigenvalue weighted by atomic mass is 9.89. The second-order valence-corrected chi connectivity index (χ2v) is 8.12. The highest BCUT2D eigenvalue weighted by Gasteiger charge is 2.43. The molecule has 0 spiro atoms. The average Bonchev–Trinajstić information content (AvgIpc) is 2.92. The molecule has 30 heavy (non-hydrogen) atoms. The fourth-order valence-corrected chi connectivity index (χ4v) is 3.73. The minimum Gasteiger partial charge on any atom is -0.463 e. The Morgan fingerprint density at radius 3 is 2.50 bits per heavy atom. The summed E-state index contributed by atoms with van der Waals surface area (Å²) < 4.78 is 10.6. The first-order chi connectivity index (χ1) is 14.1. The molecule has 2 saturated heterocycles. The van der Waals surface area contributed by atoms with Gasteiger partial charge < -0.3 is 25.0 Å². The Kier molecular flexibility index (Phi) is 8.75. The van der Waals surface area contributed by atoms with E-state index in [1.54, 1.807) is 13.8 Å². The van der Waals surface area contributed by atoms with Crippen LogP contribution in [0.25, 0.3) is 0 Å². The predicted molar refractivity (Wildman–Crippen MR) is 104 cm³/mol. The first-order valence-corrected chi connectivity index (χ1v) is 10.4. The average molecular weight is 428 g/mol. The second-order valence-electron chi connectivity index (χ2n) is 8.12. The molecule has 0 aliphatic carbocycles. The topological polar surface area (TPSA) is 142 Å². The molecule has 0 saturated carbocycles. The summed E-state index contributed by atoms with van der Waals surface area (Å²) in [6.45, 7) is 4.96. The molecule has 10 nitrogen and oxygen atoms in total. The summed E-state index contributed by atoms with van der Waals surface area (Å²) in [6.07, 6.45) is -0.834. The van der Waals surface area contributed by atoms with Crippen LogP contribution < -0.4 is 5.32 Å². The maximum atomic E-state index is 12.0. The lowest BCUT2D eigenvalue weighted by Gasteiger charge is -2.41. The van der Waals surface area contributed by atoms with Crippen LogP contribution in [0.1, 0.15) is 52.9 Å². The van der Waals surface area contributed by atoms with Gasteiger partial charge in [-0.05, 0) is 12.8 Å². The van der Waals surface area contributed by atoms with Gasteiger partial charge in [0.2, 0.25) is 17.7 Å². The van der Waals surface area contributed by atoms with Crippen molar-refractivity contribution in [1.82, 2.24) is 10.2 Å². The smallest absolute Gasteiger partial charge is 0.305 e. The van der Waals surface area contributed by atoms with E-state index in [4.69, 9.17) is 9.47 Å². The highest BCUT2D eigenvalue weighted by Crippen LogP contribution is 2.25. The summed E-state index contributed by atoms with van der Waals surface area (Å²) in [7, 11) is 0. The maximum Gasteiger partial charge on any atom is 0.305 e. The van der Waals surface area contributed by atoms with Crippen molar-refractivity contribution in [2.75, 3.05) is 13.2 Å². The minimum atomic E-state index is -1.40. The van der Waals surface area contributed by atoms with Crippen LogP contribution in [-0.2, 0) is 28.7 Å².